The third-order valence-corrected chi connectivity index (χ3v) is 4.86. The van der Waals surface area contributed by atoms with Gasteiger partial charge in [0.25, 0.3) is 11.7 Å². The van der Waals surface area contributed by atoms with Gasteiger partial charge < -0.3 is 24.2 Å². The lowest BCUT2D eigenvalue weighted by atomic mass is 9.94. The molecule has 1 atom stereocenters. The van der Waals surface area contributed by atoms with Crippen molar-refractivity contribution >= 4 is 17.4 Å². The highest BCUT2D eigenvalue weighted by atomic mass is 16.5. The predicted octanol–water partition coefficient (Wildman–Crippen LogP) is 2.77. The summed E-state index contributed by atoms with van der Waals surface area (Å²) >= 11 is 0. The van der Waals surface area contributed by atoms with Crippen LogP contribution in [-0.4, -0.2) is 56.2 Å². The highest BCUT2D eigenvalue weighted by Crippen LogP contribution is 2.43. The van der Waals surface area contributed by atoms with E-state index in [1.165, 1.54) is 26.2 Å². The number of aliphatic hydroxyl groups is 1. The van der Waals surface area contributed by atoms with Gasteiger partial charge in [-0.1, -0.05) is 36.4 Å². The fraction of sp³-hybridized carbons (Fsp3) is 0.273. The van der Waals surface area contributed by atoms with Crippen molar-refractivity contribution in [1.29, 1.82) is 0 Å². The quantitative estimate of drug-likeness (QED) is 0.439. The number of amides is 1. The molecule has 1 aliphatic rings. The lowest BCUT2D eigenvalue weighted by Crippen LogP contribution is -2.32. The van der Waals surface area contributed by atoms with Crippen LogP contribution >= 0.6 is 0 Å². The number of hydrogen-bond donors (Lipinski definition) is 1. The van der Waals surface area contributed by atoms with Crippen LogP contribution in [0.1, 0.15) is 17.2 Å². The van der Waals surface area contributed by atoms with Crippen molar-refractivity contribution in [2.24, 2.45) is 0 Å². The summed E-state index contributed by atoms with van der Waals surface area (Å²) in [6.07, 6.45) is 0. The Morgan fingerprint density at radius 2 is 1.59 bits per heavy atom. The van der Waals surface area contributed by atoms with Crippen LogP contribution in [0.2, 0.25) is 0 Å². The first-order valence-electron chi connectivity index (χ1n) is 9.08. The average molecular weight is 397 g/mol. The Hall–Kier alpha value is -3.32. The van der Waals surface area contributed by atoms with E-state index in [0.29, 0.717) is 17.1 Å². The van der Waals surface area contributed by atoms with Crippen molar-refractivity contribution in [3.63, 3.8) is 0 Å². The molecular weight excluding hydrogens is 374 g/mol. The Bertz CT molecular complexity index is 915. The van der Waals surface area contributed by atoms with E-state index in [-0.39, 0.29) is 30.0 Å². The summed E-state index contributed by atoms with van der Waals surface area (Å²) in [6, 6.07) is 13.3. The van der Waals surface area contributed by atoms with Crippen molar-refractivity contribution in [1.82, 2.24) is 4.90 Å². The number of likely N-dealkylation sites (tertiary alicyclic amines) is 1. The van der Waals surface area contributed by atoms with Gasteiger partial charge in [0.1, 0.15) is 22.8 Å². The molecule has 1 unspecified atom stereocenters. The molecule has 1 amide bonds. The smallest absolute Gasteiger partial charge is 0.295 e. The number of ether oxygens (including phenoxy) is 3. The third-order valence-electron chi connectivity index (χ3n) is 4.86. The minimum Gasteiger partial charge on any atom is -0.506 e. The topological polar surface area (TPSA) is 85.3 Å². The molecule has 0 aliphatic carbocycles. The molecule has 1 fully saturated rings. The van der Waals surface area contributed by atoms with E-state index in [4.69, 9.17) is 14.2 Å². The predicted molar refractivity (Wildman–Crippen MR) is 107 cm³/mol. The van der Waals surface area contributed by atoms with Crippen molar-refractivity contribution in [3.05, 3.63) is 65.2 Å². The van der Waals surface area contributed by atoms with E-state index >= 15 is 0 Å². The van der Waals surface area contributed by atoms with Crippen LogP contribution in [0, 0.1) is 0 Å². The van der Waals surface area contributed by atoms with Crippen LogP contribution in [0.5, 0.6) is 11.5 Å². The average Bonchev–Trinajstić information content (AvgIpc) is 3.01. The number of rotatable bonds is 7. The molecule has 0 bridgehead atoms. The molecule has 3 rings (SSSR count). The molecule has 7 nitrogen and oxygen atoms in total. The molecular formula is C22H23NO6. The Balaban J connectivity index is 2.25. The molecule has 29 heavy (non-hydrogen) atoms. The van der Waals surface area contributed by atoms with E-state index in [1.54, 1.807) is 18.2 Å². The summed E-state index contributed by atoms with van der Waals surface area (Å²) in [4.78, 5) is 27.1. The van der Waals surface area contributed by atoms with Gasteiger partial charge in [-0.2, -0.15) is 0 Å². The van der Waals surface area contributed by atoms with Gasteiger partial charge >= 0.3 is 0 Å². The second kappa shape index (κ2) is 8.79. The summed E-state index contributed by atoms with van der Waals surface area (Å²) in [5, 5.41) is 11.2. The van der Waals surface area contributed by atoms with Gasteiger partial charge in [0, 0.05) is 13.7 Å². The summed E-state index contributed by atoms with van der Waals surface area (Å²) in [6.45, 7) is 0.467. The highest BCUT2D eigenvalue weighted by molar-refractivity contribution is 6.46. The van der Waals surface area contributed by atoms with Gasteiger partial charge in [-0.15, -0.1) is 0 Å². The Labute approximate surface area is 169 Å². The Morgan fingerprint density at radius 1 is 0.966 bits per heavy atom. The number of hydrogen-bond acceptors (Lipinski definition) is 6. The third kappa shape index (κ3) is 3.69. The highest BCUT2D eigenvalue weighted by Gasteiger charge is 2.46. The maximum Gasteiger partial charge on any atom is 0.295 e. The zero-order chi connectivity index (χ0) is 21.0. The van der Waals surface area contributed by atoms with Crippen LogP contribution in [-0.2, 0) is 14.3 Å². The number of benzene rings is 2. The minimum atomic E-state index is -0.764. The maximum absolute atomic E-state index is 12.9. The van der Waals surface area contributed by atoms with Crippen LogP contribution in [0.3, 0.4) is 0 Å². The summed E-state index contributed by atoms with van der Waals surface area (Å²) < 4.78 is 15.8. The van der Waals surface area contributed by atoms with Crippen LogP contribution in [0.4, 0.5) is 0 Å². The summed E-state index contributed by atoms with van der Waals surface area (Å²) in [5.41, 5.74) is 0.918. The van der Waals surface area contributed by atoms with E-state index in [9.17, 15) is 14.7 Å². The molecule has 0 saturated carbocycles. The fourth-order valence-corrected chi connectivity index (χ4v) is 3.50. The fourth-order valence-electron chi connectivity index (χ4n) is 3.50. The van der Waals surface area contributed by atoms with Gasteiger partial charge in [-0.05, 0) is 17.7 Å². The summed E-state index contributed by atoms with van der Waals surface area (Å²) in [5.74, 6) is -1.13. The lowest BCUT2D eigenvalue weighted by Gasteiger charge is -2.25. The number of aliphatic hydroxyl groups excluding tert-OH is 1. The molecule has 0 spiro atoms. The maximum atomic E-state index is 12.9. The van der Waals surface area contributed by atoms with Gasteiger partial charge in [-0.25, -0.2) is 0 Å². The molecule has 0 radical (unpaired) electrons. The van der Waals surface area contributed by atoms with Crippen LogP contribution in [0.25, 0.3) is 5.76 Å². The summed E-state index contributed by atoms with van der Waals surface area (Å²) in [7, 11) is 4.43. The van der Waals surface area contributed by atoms with Gasteiger partial charge in [-0.3, -0.25) is 9.59 Å². The normalized spacial score (nSPS) is 18.2. The first-order valence-corrected chi connectivity index (χ1v) is 9.08. The number of nitrogens with zero attached hydrogens (tertiary/aromatic N) is 1. The molecule has 7 heteroatoms. The van der Waals surface area contributed by atoms with Crippen LogP contribution < -0.4 is 9.47 Å². The Morgan fingerprint density at radius 3 is 2.14 bits per heavy atom. The molecule has 2 aromatic carbocycles. The van der Waals surface area contributed by atoms with Crippen molar-refractivity contribution in [2.75, 3.05) is 34.5 Å². The van der Waals surface area contributed by atoms with Crippen molar-refractivity contribution in [3.8, 4) is 11.5 Å². The largest absolute Gasteiger partial charge is 0.506 e. The first-order chi connectivity index (χ1) is 14.0. The minimum absolute atomic E-state index is 0.0138. The number of carbonyl (C=O) groups excluding carboxylic acids is 2. The monoisotopic (exact) mass is 397 g/mol. The molecule has 0 aromatic heterocycles. The number of methoxy groups -OCH3 is 3. The Kier molecular flexibility index (Phi) is 6.19. The van der Waals surface area contributed by atoms with E-state index in [2.05, 4.69) is 0 Å². The van der Waals surface area contributed by atoms with Crippen LogP contribution in [0.15, 0.2) is 54.1 Å². The van der Waals surface area contributed by atoms with Crippen molar-refractivity contribution < 1.29 is 28.9 Å². The molecule has 1 heterocycles. The van der Waals surface area contributed by atoms with E-state index in [0.717, 1.165) is 0 Å². The molecule has 2 aromatic rings. The van der Waals surface area contributed by atoms with E-state index in [1.807, 2.05) is 30.3 Å². The van der Waals surface area contributed by atoms with Crippen molar-refractivity contribution in [2.45, 2.75) is 6.04 Å². The zero-order valence-corrected chi connectivity index (χ0v) is 16.5. The molecule has 1 N–H and O–H groups in total. The second-order valence-corrected chi connectivity index (χ2v) is 6.43. The lowest BCUT2D eigenvalue weighted by molar-refractivity contribution is -0.140. The SMILES string of the molecule is COCCN1C(=O)C(=O)/C(=C(/O)c2c(OC)cccc2OC)C1c1ccccc1. The van der Waals surface area contributed by atoms with Gasteiger partial charge in [0.15, 0.2) is 0 Å². The molecule has 152 valence electrons. The second-order valence-electron chi connectivity index (χ2n) is 6.43. The number of carbonyl (C=O) groups is 2. The standard InChI is InChI=1S/C22H23NO6/c1-27-13-12-23-19(14-8-5-4-6-9-14)18(21(25)22(23)26)20(24)17-15(28-2)10-7-11-16(17)29-3/h4-11,19,24H,12-13H2,1-3H3/b20-18+. The molecule has 1 aliphatic heterocycles. The number of ketones is 1. The number of Topliss-reactive ketones (excluding diaryl/α,β-unsaturated/α-hetero) is 1. The first kappa shape index (κ1) is 20.4. The van der Waals surface area contributed by atoms with Gasteiger partial charge in [0.2, 0.25) is 0 Å². The van der Waals surface area contributed by atoms with Gasteiger partial charge in [0.05, 0.1) is 32.4 Å². The zero-order valence-electron chi connectivity index (χ0n) is 16.5. The van der Waals surface area contributed by atoms with E-state index < -0.39 is 17.7 Å². The molecule has 1 saturated heterocycles.